The minimum Gasteiger partial charge on any atom is -0.373 e. The van der Waals surface area contributed by atoms with E-state index in [4.69, 9.17) is 11.6 Å². The zero-order valence-electron chi connectivity index (χ0n) is 11.4. The molecule has 0 fully saturated rings. The van der Waals surface area contributed by atoms with Crippen LogP contribution in [0.5, 0.6) is 0 Å². The summed E-state index contributed by atoms with van der Waals surface area (Å²) < 4.78 is 0. The lowest BCUT2D eigenvalue weighted by Crippen LogP contribution is -2.15. The third-order valence-electron chi connectivity index (χ3n) is 2.91. The molecule has 1 heterocycles. The van der Waals surface area contributed by atoms with E-state index in [-0.39, 0.29) is 11.6 Å². The maximum absolute atomic E-state index is 12.2. The molecule has 5 heteroatoms. The minimum atomic E-state index is -0.319. The molecule has 0 saturated heterocycles. The fourth-order valence-corrected chi connectivity index (χ4v) is 1.99. The first-order valence-electron chi connectivity index (χ1n) is 6.38. The zero-order chi connectivity index (χ0) is 14.5. The molecule has 104 valence electrons. The number of hydrogen-bond acceptors (Lipinski definition) is 3. The van der Waals surface area contributed by atoms with Crippen molar-refractivity contribution in [3.8, 4) is 0 Å². The van der Waals surface area contributed by atoms with Gasteiger partial charge in [0.15, 0.2) is 0 Å². The monoisotopic (exact) mass is 289 g/mol. The maximum Gasteiger partial charge on any atom is 0.275 e. The van der Waals surface area contributed by atoms with Crippen molar-refractivity contribution >= 4 is 29.0 Å². The number of anilines is 2. The van der Waals surface area contributed by atoms with Crippen LogP contribution in [-0.2, 0) is 6.42 Å². The van der Waals surface area contributed by atoms with E-state index in [0.717, 1.165) is 17.7 Å². The van der Waals surface area contributed by atoms with Crippen LogP contribution in [0.3, 0.4) is 0 Å². The predicted octanol–water partition coefficient (Wildman–Crippen LogP) is 3.59. The van der Waals surface area contributed by atoms with Gasteiger partial charge in [-0.2, -0.15) is 0 Å². The smallest absolute Gasteiger partial charge is 0.275 e. The Morgan fingerprint density at radius 1 is 1.30 bits per heavy atom. The molecule has 20 heavy (non-hydrogen) atoms. The fraction of sp³-hybridized carbons (Fsp3) is 0.200. The number of carbonyl (C=O) groups excluding carboxylic acids is 1. The van der Waals surface area contributed by atoms with Crippen LogP contribution in [0.15, 0.2) is 36.4 Å². The van der Waals surface area contributed by atoms with Crippen LogP contribution < -0.4 is 10.6 Å². The SMILES string of the molecule is CCc1cccc(NC(=O)c2nc(NC)ccc2Cl)c1. The second kappa shape index (κ2) is 6.39. The van der Waals surface area contributed by atoms with E-state index in [0.29, 0.717) is 10.8 Å². The zero-order valence-corrected chi connectivity index (χ0v) is 12.2. The number of nitrogens with one attached hydrogen (secondary N) is 2. The number of amides is 1. The van der Waals surface area contributed by atoms with Crippen LogP contribution >= 0.6 is 11.6 Å². The molecule has 0 saturated carbocycles. The van der Waals surface area contributed by atoms with Crippen LogP contribution in [0, 0.1) is 0 Å². The summed E-state index contributed by atoms with van der Waals surface area (Å²) in [5.74, 6) is 0.280. The second-order valence-corrected chi connectivity index (χ2v) is 4.69. The standard InChI is InChI=1S/C15H16ClN3O/c1-3-10-5-4-6-11(9-10)18-15(20)14-12(16)7-8-13(17-2)19-14/h4-9H,3H2,1-2H3,(H,17,19)(H,18,20). The van der Waals surface area contributed by atoms with E-state index in [1.807, 2.05) is 24.3 Å². The van der Waals surface area contributed by atoms with Gasteiger partial charge in [-0.1, -0.05) is 30.7 Å². The van der Waals surface area contributed by atoms with E-state index in [9.17, 15) is 4.79 Å². The number of hydrogen-bond donors (Lipinski definition) is 2. The van der Waals surface area contributed by atoms with Crippen molar-refractivity contribution in [2.45, 2.75) is 13.3 Å². The Labute approximate surface area is 123 Å². The van der Waals surface area contributed by atoms with Crippen molar-refractivity contribution in [2.75, 3.05) is 17.7 Å². The highest BCUT2D eigenvalue weighted by Crippen LogP contribution is 2.19. The van der Waals surface area contributed by atoms with Crippen LogP contribution in [-0.4, -0.2) is 17.9 Å². The number of aryl methyl sites for hydroxylation is 1. The molecule has 1 aromatic carbocycles. The number of halogens is 1. The van der Waals surface area contributed by atoms with E-state index in [1.165, 1.54) is 0 Å². The fourth-order valence-electron chi connectivity index (χ4n) is 1.80. The Bertz CT molecular complexity index is 628. The molecule has 0 atom stereocenters. The number of aromatic nitrogens is 1. The highest BCUT2D eigenvalue weighted by Gasteiger charge is 2.13. The van der Waals surface area contributed by atoms with E-state index in [1.54, 1.807) is 19.2 Å². The number of nitrogens with zero attached hydrogens (tertiary/aromatic N) is 1. The number of benzene rings is 1. The van der Waals surface area contributed by atoms with Gasteiger partial charge in [0.1, 0.15) is 11.5 Å². The van der Waals surface area contributed by atoms with Gasteiger partial charge in [-0.25, -0.2) is 4.98 Å². The first-order chi connectivity index (χ1) is 9.63. The predicted molar refractivity (Wildman–Crippen MR) is 82.6 cm³/mol. The van der Waals surface area contributed by atoms with Gasteiger partial charge in [0.2, 0.25) is 0 Å². The van der Waals surface area contributed by atoms with E-state index >= 15 is 0 Å². The summed E-state index contributed by atoms with van der Waals surface area (Å²) in [6.45, 7) is 2.07. The van der Waals surface area contributed by atoms with Crippen molar-refractivity contribution in [1.29, 1.82) is 0 Å². The minimum absolute atomic E-state index is 0.209. The van der Waals surface area contributed by atoms with Crippen molar-refractivity contribution in [2.24, 2.45) is 0 Å². The van der Waals surface area contributed by atoms with Gasteiger partial charge in [-0.05, 0) is 36.2 Å². The summed E-state index contributed by atoms with van der Waals surface area (Å²) in [4.78, 5) is 16.4. The molecule has 0 radical (unpaired) electrons. The summed E-state index contributed by atoms with van der Waals surface area (Å²) in [6, 6.07) is 11.1. The maximum atomic E-state index is 12.2. The van der Waals surface area contributed by atoms with Crippen molar-refractivity contribution in [3.05, 3.63) is 52.7 Å². The third-order valence-corrected chi connectivity index (χ3v) is 3.22. The molecule has 2 N–H and O–H groups in total. The molecule has 0 unspecified atom stereocenters. The molecular weight excluding hydrogens is 274 g/mol. The van der Waals surface area contributed by atoms with Gasteiger partial charge in [0.05, 0.1) is 5.02 Å². The Hall–Kier alpha value is -2.07. The quantitative estimate of drug-likeness (QED) is 0.904. The van der Waals surface area contributed by atoms with Gasteiger partial charge in [-0.3, -0.25) is 4.79 Å². The number of carbonyl (C=O) groups is 1. The molecule has 2 aromatic rings. The molecular formula is C15H16ClN3O. The molecule has 1 aromatic heterocycles. The van der Waals surface area contributed by atoms with Crippen LogP contribution in [0.2, 0.25) is 5.02 Å². The highest BCUT2D eigenvalue weighted by molar-refractivity contribution is 6.34. The lowest BCUT2D eigenvalue weighted by molar-refractivity contribution is 0.102. The first-order valence-corrected chi connectivity index (χ1v) is 6.76. The molecule has 0 spiro atoms. The summed E-state index contributed by atoms with van der Waals surface area (Å²) in [7, 11) is 1.74. The van der Waals surface area contributed by atoms with Gasteiger partial charge in [0.25, 0.3) is 5.91 Å². The van der Waals surface area contributed by atoms with Gasteiger partial charge in [-0.15, -0.1) is 0 Å². The largest absolute Gasteiger partial charge is 0.373 e. The lowest BCUT2D eigenvalue weighted by atomic mass is 10.1. The van der Waals surface area contributed by atoms with E-state index in [2.05, 4.69) is 22.5 Å². The Morgan fingerprint density at radius 3 is 2.80 bits per heavy atom. The lowest BCUT2D eigenvalue weighted by Gasteiger charge is -2.08. The van der Waals surface area contributed by atoms with Crippen molar-refractivity contribution in [3.63, 3.8) is 0 Å². The summed E-state index contributed by atoms with van der Waals surface area (Å²) in [5.41, 5.74) is 2.10. The van der Waals surface area contributed by atoms with E-state index < -0.39 is 0 Å². The third kappa shape index (κ3) is 3.27. The summed E-state index contributed by atoms with van der Waals surface area (Å²) in [5, 5.41) is 6.02. The molecule has 0 bridgehead atoms. The van der Waals surface area contributed by atoms with Gasteiger partial charge >= 0.3 is 0 Å². The molecule has 0 aliphatic heterocycles. The normalized spacial score (nSPS) is 10.2. The summed E-state index contributed by atoms with van der Waals surface area (Å²) >= 11 is 6.02. The molecule has 0 aliphatic carbocycles. The van der Waals surface area contributed by atoms with Crippen molar-refractivity contribution in [1.82, 2.24) is 4.98 Å². The molecule has 0 aliphatic rings. The van der Waals surface area contributed by atoms with Gasteiger partial charge < -0.3 is 10.6 Å². The average Bonchev–Trinajstić information content (AvgIpc) is 2.47. The average molecular weight is 290 g/mol. The Balaban J connectivity index is 2.23. The molecule has 4 nitrogen and oxygen atoms in total. The number of rotatable bonds is 4. The number of pyridine rings is 1. The van der Waals surface area contributed by atoms with Crippen LogP contribution in [0.1, 0.15) is 23.0 Å². The topological polar surface area (TPSA) is 54.0 Å². The second-order valence-electron chi connectivity index (χ2n) is 4.28. The first kappa shape index (κ1) is 14.3. The van der Waals surface area contributed by atoms with Crippen LogP contribution in [0.4, 0.5) is 11.5 Å². The Morgan fingerprint density at radius 2 is 2.10 bits per heavy atom. The molecule has 2 rings (SSSR count). The highest BCUT2D eigenvalue weighted by atomic mass is 35.5. The Kier molecular flexibility index (Phi) is 4.58. The molecule has 1 amide bonds. The summed E-state index contributed by atoms with van der Waals surface area (Å²) in [6.07, 6.45) is 0.915. The van der Waals surface area contributed by atoms with Crippen LogP contribution in [0.25, 0.3) is 0 Å². The van der Waals surface area contributed by atoms with Crippen molar-refractivity contribution < 1.29 is 4.79 Å². The van der Waals surface area contributed by atoms with Gasteiger partial charge in [0, 0.05) is 12.7 Å².